The van der Waals surface area contributed by atoms with Gasteiger partial charge in [-0.1, -0.05) is 22.0 Å². The van der Waals surface area contributed by atoms with E-state index >= 15 is 0 Å². The molecule has 0 saturated heterocycles. The minimum atomic E-state index is -0.120. The van der Waals surface area contributed by atoms with E-state index in [1.165, 1.54) is 0 Å². The van der Waals surface area contributed by atoms with E-state index < -0.39 is 0 Å². The number of hydrogen-bond acceptors (Lipinski definition) is 3. The van der Waals surface area contributed by atoms with Crippen LogP contribution >= 0.6 is 38.5 Å². The smallest absolute Gasteiger partial charge is 0.252 e. The number of ether oxygens (including phenoxy) is 1. The lowest BCUT2D eigenvalue weighted by Gasteiger charge is -2.13. The van der Waals surface area contributed by atoms with Crippen molar-refractivity contribution in [1.82, 2.24) is 10.3 Å². The minimum Gasteiger partial charge on any atom is -0.475 e. The average molecular weight is 475 g/mol. The number of benzene rings is 1. The zero-order valence-corrected chi connectivity index (χ0v) is 16.0. The second-order valence-electron chi connectivity index (χ2n) is 4.94. The first-order chi connectivity index (χ1) is 10.5. The van der Waals surface area contributed by atoms with E-state index in [-0.39, 0.29) is 12.0 Å². The second-order valence-corrected chi connectivity index (χ2v) is 7.02. The van der Waals surface area contributed by atoms with Gasteiger partial charge in [0.1, 0.15) is 0 Å². The molecule has 2 aromatic rings. The molecule has 0 spiro atoms. The van der Waals surface area contributed by atoms with E-state index in [1.54, 1.807) is 6.20 Å². The third-order valence-electron chi connectivity index (χ3n) is 2.81. The zero-order chi connectivity index (χ0) is 16.1. The molecule has 1 aromatic carbocycles. The van der Waals surface area contributed by atoms with Crippen LogP contribution in [0.5, 0.6) is 5.88 Å². The molecule has 0 bridgehead atoms. The van der Waals surface area contributed by atoms with Gasteiger partial charge in [-0.25, -0.2) is 4.98 Å². The summed E-state index contributed by atoms with van der Waals surface area (Å²) in [5, 5.41) is 2.91. The summed E-state index contributed by atoms with van der Waals surface area (Å²) in [5.41, 5.74) is 1.50. The third-order valence-corrected chi connectivity index (χ3v) is 4.24. The molecule has 1 heterocycles. The number of pyridine rings is 1. The highest BCUT2D eigenvalue weighted by molar-refractivity contribution is 14.1. The predicted octanol–water partition coefficient (Wildman–Crippen LogP) is 4.17. The standard InChI is InChI=1S/C16H16BrIN2O2/c1-10(2)22-16-11(4-3-7-19-16)9-20-15(21)13-8-12(17)5-6-14(13)18/h3-8,10H,9H2,1-2H3,(H,20,21). The normalized spacial score (nSPS) is 10.6. The highest BCUT2D eigenvalue weighted by Crippen LogP contribution is 2.19. The molecule has 116 valence electrons. The average Bonchev–Trinajstić information content (AvgIpc) is 2.48. The van der Waals surface area contributed by atoms with Crippen LogP contribution in [-0.4, -0.2) is 17.0 Å². The van der Waals surface area contributed by atoms with Crippen LogP contribution in [0.25, 0.3) is 0 Å². The van der Waals surface area contributed by atoms with Crippen molar-refractivity contribution in [2.24, 2.45) is 0 Å². The van der Waals surface area contributed by atoms with Gasteiger partial charge < -0.3 is 10.1 Å². The van der Waals surface area contributed by atoms with Crippen molar-refractivity contribution in [2.75, 3.05) is 0 Å². The van der Waals surface area contributed by atoms with Crippen molar-refractivity contribution in [3.05, 3.63) is 55.7 Å². The molecule has 1 aromatic heterocycles. The maximum absolute atomic E-state index is 12.3. The topological polar surface area (TPSA) is 51.2 Å². The molecule has 2 rings (SSSR count). The summed E-state index contributed by atoms with van der Waals surface area (Å²) in [7, 11) is 0. The minimum absolute atomic E-state index is 0.0374. The van der Waals surface area contributed by atoms with Gasteiger partial charge in [0, 0.05) is 26.3 Å². The Labute approximate surface area is 151 Å². The molecular weight excluding hydrogens is 459 g/mol. The largest absolute Gasteiger partial charge is 0.475 e. The highest BCUT2D eigenvalue weighted by atomic mass is 127. The van der Waals surface area contributed by atoms with Crippen LogP contribution in [-0.2, 0) is 6.54 Å². The van der Waals surface area contributed by atoms with Gasteiger partial charge in [-0.05, 0) is 60.7 Å². The van der Waals surface area contributed by atoms with Crippen LogP contribution in [0.2, 0.25) is 0 Å². The van der Waals surface area contributed by atoms with Crippen molar-refractivity contribution in [1.29, 1.82) is 0 Å². The van der Waals surface area contributed by atoms with Crippen LogP contribution < -0.4 is 10.1 Å². The Hall–Kier alpha value is -1.15. The Morgan fingerprint density at radius 2 is 2.18 bits per heavy atom. The molecule has 6 heteroatoms. The maximum atomic E-state index is 12.3. The summed E-state index contributed by atoms with van der Waals surface area (Å²) in [5.74, 6) is 0.437. The molecule has 0 fully saturated rings. The van der Waals surface area contributed by atoms with Crippen LogP contribution in [0.15, 0.2) is 41.0 Å². The van der Waals surface area contributed by atoms with Crippen LogP contribution in [0.1, 0.15) is 29.8 Å². The van der Waals surface area contributed by atoms with E-state index in [9.17, 15) is 4.79 Å². The Morgan fingerprint density at radius 1 is 1.41 bits per heavy atom. The summed E-state index contributed by atoms with van der Waals surface area (Å²) in [6.07, 6.45) is 1.72. The Kier molecular flexibility index (Phi) is 6.19. The number of rotatable bonds is 5. The Morgan fingerprint density at radius 3 is 2.91 bits per heavy atom. The lowest BCUT2D eigenvalue weighted by atomic mass is 10.2. The molecule has 0 saturated carbocycles. The number of nitrogens with one attached hydrogen (secondary N) is 1. The molecule has 0 aliphatic rings. The highest BCUT2D eigenvalue weighted by Gasteiger charge is 2.12. The zero-order valence-electron chi connectivity index (χ0n) is 12.3. The van der Waals surface area contributed by atoms with Crippen molar-refractivity contribution >= 4 is 44.4 Å². The number of nitrogens with zero attached hydrogens (tertiary/aromatic N) is 1. The molecule has 0 aliphatic heterocycles. The molecule has 4 nitrogen and oxygen atoms in total. The summed E-state index contributed by atoms with van der Waals surface area (Å²) < 4.78 is 7.44. The second kappa shape index (κ2) is 7.92. The SMILES string of the molecule is CC(C)Oc1ncccc1CNC(=O)c1cc(Br)ccc1I. The summed E-state index contributed by atoms with van der Waals surface area (Å²) in [6, 6.07) is 9.35. The molecule has 1 N–H and O–H groups in total. The predicted molar refractivity (Wildman–Crippen MR) is 98.0 cm³/mol. The van der Waals surface area contributed by atoms with Gasteiger partial charge in [0.25, 0.3) is 5.91 Å². The molecule has 1 amide bonds. The third kappa shape index (κ3) is 4.67. The monoisotopic (exact) mass is 474 g/mol. The van der Waals surface area contributed by atoms with E-state index in [2.05, 4.69) is 48.8 Å². The van der Waals surface area contributed by atoms with Gasteiger partial charge in [-0.2, -0.15) is 0 Å². The molecular formula is C16H16BrIN2O2. The van der Waals surface area contributed by atoms with Crippen LogP contribution in [0.3, 0.4) is 0 Å². The first-order valence-electron chi connectivity index (χ1n) is 6.81. The summed E-state index contributed by atoms with van der Waals surface area (Å²) in [6.45, 7) is 4.26. The van der Waals surface area contributed by atoms with E-state index in [0.29, 0.717) is 18.0 Å². The first-order valence-corrected chi connectivity index (χ1v) is 8.68. The fourth-order valence-electron chi connectivity index (χ4n) is 1.83. The summed E-state index contributed by atoms with van der Waals surface area (Å²) >= 11 is 5.54. The fraction of sp³-hybridized carbons (Fsp3) is 0.250. The van der Waals surface area contributed by atoms with E-state index in [4.69, 9.17) is 4.74 Å². The molecule has 0 radical (unpaired) electrons. The number of aromatic nitrogens is 1. The van der Waals surface area contributed by atoms with Gasteiger partial charge in [-0.3, -0.25) is 4.79 Å². The molecule has 0 unspecified atom stereocenters. The van der Waals surface area contributed by atoms with Gasteiger partial charge in [-0.15, -0.1) is 0 Å². The first kappa shape index (κ1) is 17.2. The molecule has 0 aliphatic carbocycles. The van der Waals surface area contributed by atoms with Crippen molar-refractivity contribution < 1.29 is 9.53 Å². The molecule has 0 atom stereocenters. The van der Waals surface area contributed by atoms with Gasteiger partial charge in [0.2, 0.25) is 5.88 Å². The van der Waals surface area contributed by atoms with Crippen LogP contribution in [0.4, 0.5) is 0 Å². The maximum Gasteiger partial charge on any atom is 0.252 e. The number of carbonyl (C=O) groups excluding carboxylic acids is 1. The van der Waals surface area contributed by atoms with Gasteiger partial charge >= 0.3 is 0 Å². The number of carbonyl (C=O) groups is 1. The number of hydrogen-bond donors (Lipinski definition) is 1. The number of halogens is 2. The Bertz CT molecular complexity index is 677. The lowest BCUT2D eigenvalue weighted by molar-refractivity contribution is 0.0949. The summed E-state index contributed by atoms with van der Waals surface area (Å²) in [4.78, 5) is 16.5. The van der Waals surface area contributed by atoms with Crippen molar-refractivity contribution in [2.45, 2.75) is 26.5 Å². The fourth-order valence-corrected chi connectivity index (χ4v) is 2.77. The van der Waals surface area contributed by atoms with Gasteiger partial charge in [0.15, 0.2) is 0 Å². The Balaban J connectivity index is 2.10. The quantitative estimate of drug-likeness (QED) is 0.662. The van der Waals surface area contributed by atoms with Crippen molar-refractivity contribution in [3.8, 4) is 5.88 Å². The van der Waals surface area contributed by atoms with E-state index in [1.807, 2.05) is 44.2 Å². The van der Waals surface area contributed by atoms with Gasteiger partial charge in [0.05, 0.1) is 11.7 Å². The van der Waals surface area contributed by atoms with E-state index in [0.717, 1.165) is 13.6 Å². The molecule has 22 heavy (non-hydrogen) atoms. The number of amides is 1. The lowest BCUT2D eigenvalue weighted by Crippen LogP contribution is -2.24. The van der Waals surface area contributed by atoms with Crippen LogP contribution in [0, 0.1) is 3.57 Å². The van der Waals surface area contributed by atoms with Crippen molar-refractivity contribution in [3.63, 3.8) is 0 Å².